The molecule has 4 heteroatoms. The van der Waals surface area contributed by atoms with Crippen molar-refractivity contribution in [2.24, 2.45) is 0 Å². The normalized spacial score (nSPS) is 27.9. The highest BCUT2D eigenvalue weighted by Gasteiger charge is 2.32. The number of methoxy groups -OCH3 is 1. The van der Waals surface area contributed by atoms with Crippen molar-refractivity contribution in [1.29, 1.82) is 0 Å². The Bertz CT molecular complexity index is 173. The summed E-state index contributed by atoms with van der Waals surface area (Å²) in [5, 5.41) is 9.08. The third kappa shape index (κ3) is 3.53. The lowest BCUT2D eigenvalue weighted by molar-refractivity contribution is -0.150. The number of nitrogens with zero attached hydrogens (tertiary/aromatic N) is 1. The maximum atomic E-state index is 9.08. The summed E-state index contributed by atoms with van der Waals surface area (Å²) in [6.07, 6.45) is -0.0596. The fraction of sp³-hybridized carbons (Fsp3) is 1.00. The largest absolute Gasteiger partial charge is 0.394 e. The molecule has 0 radical (unpaired) electrons. The molecule has 0 amide bonds. The van der Waals surface area contributed by atoms with Crippen molar-refractivity contribution in [3.05, 3.63) is 0 Å². The average molecular weight is 203 g/mol. The Kier molecular flexibility index (Phi) is 4.31. The number of hydrogen-bond acceptors (Lipinski definition) is 4. The van der Waals surface area contributed by atoms with Gasteiger partial charge in [0.2, 0.25) is 0 Å². The summed E-state index contributed by atoms with van der Waals surface area (Å²) in [5.41, 5.74) is -0.167. The van der Waals surface area contributed by atoms with Gasteiger partial charge in [0.05, 0.1) is 24.9 Å². The fourth-order valence-electron chi connectivity index (χ4n) is 1.90. The molecule has 0 aliphatic carbocycles. The molecule has 1 unspecified atom stereocenters. The minimum Gasteiger partial charge on any atom is -0.394 e. The van der Waals surface area contributed by atoms with Gasteiger partial charge in [0.15, 0.2) is 0 Å². The van der Waals surface area contributed by atoms with E-state index in [9.17, 15) is 0 Å². The summed E-state index contributed by atoms with van der Waals surface area (Å²) in [6.45, 7) is 7.51. The first-order valence-electron chi connectivity index (χ1n) is 5.07. The van der Waals surface area contributed by atoms with Crippen molar-refractivity contribution in [2.75, 3.05) is 40.0 Å². The van der Waals surface area contributed by atoms with Gasteiger partial charge in [-0.3, -0.25) is 4.90 Å². The summed E-state index contributed by atoms with van der Waals surface area (Å²) in [7, 11) is 1.70. The van der Waals surface area contributed by atoms with E-state index >= 15 is 0 Å². The molecule has 1 saturated heterocycles. The highest BCUT2D eigenvalue weighted by atomic mass is 16.5. The summed E-state index contributed by atoms with van der Waals surface area (Å²) in [5.74, 6) is 0. The van der Waals surface area contributed by atoms with Gasteiger partial charge in [-0.05, 0) is 13.8 Å². The van der Waals surface area contributed by atoms with Crippen molar-refractivity contribution in [1.82, 2.24) is 4.90 Å². The van der Waals surface area contributed by atoms with E-state index in [1.54, 1.807) is 7.11 Å². The van der Waals surface area contributed by atoms with Crippen molar-refractivity contribution in [3.63, 3.8) is 0 Å². The molecule has 0 saturated carbocycles. The van der Waals surface area contributed by atoms with E-state index in [0.717, 1.165) is 26.2 Å². The van der Waals surface area contributed by atoms with Gasteiger partial charge in [-0.15, -0.1) is 0 Å². The maximum absolute atomic E-state index is 9.08. The van der Waals surface area contributed by atoms with Gasteiger partial charge in [-0.1, -0.05) is 0 Å². The van der Waals surface area contributed by atoms with Crippen LogP contribution < -0.4 is 0 Å². The van der Waals surface area contributed by atoms with Crippen molar-refractivity contribution >= 4 is 0 Å². The lowest BCUT2D eigenvalue weighted by Gasteiger charge is -2.42. The Hall–Kier alpha value is -0.160. The number of rotatable bonds is 4. The Morgan fingerprint density at radius 1 is 1.57 bits per heavy atom. The summed E-state index contributed by atoms with van der Waals surface area (Å²) < 4.78 is 10.7. The molecule has 14 heavy (non-hydrogen) atoms. The Morgan fingerprint density at radius 2 is 2.29 bits per heavy atom. The highest BCUT2D eigenvalue weighted by Crippen LogP contribution is 2.20. The molecule has 0 spiro atoms. The molecule has 0 aromatic heterocycles. The number of ether oxygens (including phenoxy) is 2. The van der Waals surface area contributed by atoms with E-state index in [-0.39, 0.29) is 18.3 Å². The van der Waals surface area contributed by atoms with Gasteiger partial charge in [-0.25, -0.2) is 0 Å². The van der Waals surface area contributed by atoms with Crippen LogP contribution in [0.5, 0.6) is 0 Å². The van der Waals surface area contributed by atoms with Crippen LogP contribution in [0.25, 0.3) is 0 Å². The second-order valence-corrected chi connectivity index (χ2v) is 4.41. The van der Waals surface area contributed by atoms with Crippen molar-refractivity contribution < 1.29 is 14.6 Å². The van der Waals surface area contributed by atoms with Crippen LogP contribution in [0.15, 0.2) is 0 Å². The zero-order chi connectivity index (χ0) is 10.6. The first-order chi connectivity index (χ1) is 6.57. The number of aliphatic hydroxyl groups excluding tert-OH is 1. The predicted octanol–water partition coefficient (Wildman–Crippen LogP) is 0.104. The van der Waals surface area contributed by atoms with E-state index in [2.05, 4.69) is 18.7 Å². The second-order valence-electron chi connectivity index (χ2n) is 4.41. The molecule has 4 nitrogen and oxygen atoms in total. The van der Waals surface area contributed by atoms with Crippen LogP contribution in [0.1, 0.15) is 13.8 Å². The summed E-state index contributed by atoms with van der Waals surface area (Å²) in [4.78, 5) is 2.27. The molecular weight excluding hydrogens is 182 g/mol. The average Bonchev–Trinajstić information content (AvgIpc) is 2.12. The molecule has 1 aliphatic rings. The third-order valence-electron chi connectivity index (χ3n) is 2.37. The lowest BCUT2D eigenvalue weighted by atomic mass is 10.1. The van der Waals surface area contributed by atoms with Gasteiger partial charge in [0, 0.05) is 26.7 Å². The predicted molar refractivity (Wildman–Crippen MR) is 54.4 cm³/mol. The number of morpholine rings is 1. The van der Waals surface area contributed by atoms with Gasteiger partial charge >= 0.3 is 0 Å². The monoisotopic (exact) mass is 203 g/mol. The molecule has 0 aromatic rings. The first kappa shape index (κ1) is 11.9. The molecule has 0 bridgehead atoms. The molecule has 84 valence electrons. The molecule has 0 aromatic carbocycles. The molecule has 1 atom stereocenters. The van der Waals surface area contributed by atoms with Crippen LogP contribution in [-0.2, 0) is 9.47 Å². The van der Waals surface area contributed by atoms with Gasteiger partial charge in [0.1, 0.15) is 0 Å². The maximum Gasteiger partial charge on any atom is 0.0940 e. The zero-order valence-electron chi connectivity index (χ0n) is 9.32. The first-order valence-corrected chi connectivity index (χ1v) is 5.07. The van der Waals surface area contributed by atoms with Gasteiger partial charge in [-0.2, -0.15) is 0 Å². The molecule has 1 rings (SSSR count). The highest BCUT2D eigenvalue weighted by molar-refractivity contribution is 4.83. The Balaban J connectivity index is 2.43. The molecular formula is C10H21NO3. The third-order valence-corrected chi connectivity index (χ3v) is 2.37. The Morgan fingerprint density at radius 3 is 2.86 bits per heavy atom. The second kappa shape index (κ2) is 5.07. The van der Waals surface area contributed by atoms with Crippen LogP contribution in [-0.4, -0.2) is 61.7 Å². The van der Waals surface area contributed by atoms with Gasteiger partial charge < -0.3 is 14.6 Å². The van der Waals surface area contributed by atoms with Crippen LogP contribution >= 0.6 is 0 Å². The topological polar surface area (TPSA) is 41.9 Å². The van der Waals surface area contributed by atoms with E-state index in [1.165, 1.54) is 0 Å². The number of aliphatic hydroxyl groups is 1. The van der Waals surface area contributed by atoms with Crippen LogP contribution in [0.2, 0.25) is 0 Å². The molecule has 1 heterocycles. The van der Waals surface area contributed by atoms with Crippen molar-refractivity contribution in [2.45, 2.75) is 25.6 Å². The van der Waals surface area contributed by atoms with Gasteiger partial charge in [0.25, 0.3) is 0 Å². The van der Waals surface area contributed by atoms with Crippen LogP contribution in [0.3, 0.4) is 0 Å². The fourth-order valence-corrected chi connectivity index (χ4v) is 1.90. The summed E-state index contributed by atoms with van der Waals surface area (Å²) in [6, 6.07) is 0. The minimum absolute atomic E-state index is 0.0596. The molecule has 1 aliphatic heterocycles. The molecule has 1 N–H and O–H groups in total. The van der Waals surface area contributed by atoms with E-state index < -0.39 is 0 Å². The quantitative estimate of drug-likeness (QED) is 0.704. The van der Waals surface area contributed by atoms with E-state index in [1.807, 2.05) is 0 Å². The van der Waals surface area contributed by atoms with Crippen LogP contribution in [0.4, 0.5) is 0 Å². The SMILES string of the molecule is COCCN1CC(CO)OC(C)(C)C1. The smallest absolute Gasteiger partial charge is 0.0940 e. The zero-order valence-corrected chi connectivity index (χ0v) is 9.32. The Labute approximate surface area is 85.8 Å². The standard InChI is InChI=1S/C10H21NO3/c1-10(2)8-11(4-5-13-3)6-9(7-12)14-10/h9,12H,4-8H2,1-3H3. The lowest BCUT2D eigenvalue weighted by Crippen LogP contribution is -2.54. The molecule has 1 fully saturated rings. The van der Waals surface area contributed by atoms with E-state index in [4.69, 9.17) is 14.6 Å². The van der Waals surface area contributed by atoms with Crippen molar-refractivity contribution in [3.8, 4) is 0 Å². The summed E-state index contributed by atoms with van der Waals surface area (Å²) >= 11 is 0. The van der Waals surface area contributed by atoms with Crippen LogP contribution in [0, 0.1) is 0 Å². The minimum atomic E-state index is -0.167. The number of hydrogen-bond donors (Lipinski definition) is 1. The van der Waals surface area contributed by atoms with E-state index in [0.29, 0.717) is 0 Å².